The maximum Gasteiger partial charge on any atom is 0.125 e. The third-order valence-electron chi connectivity index (χ3n) is 3.80. The fourth-order valence-corrected chi connectivity index (χ4v) is 2.69. The summed E-state index contributed by atoms with van der Waals surface area (Å²) in [4.78, 5) is 2.37. The summed E-state index contributed by atoms with van der Waals surface area (Å²) in [7, 11) is 0. The van der Waals surface area contributed by atoms with Gasteiger partial charge < -0.3 is 10.2 Å². The molecule has 1 saturated heterocycles. The van der Waals surface area contributed by atoms with Crippen LogP contribution in [-0.4, -0.2) is 25.2 Å². The topological polar surface area (TPSA) is 15.3 Å². The highest BCUT2D eigenvalue weighted by Gasteiger charge is 2.29. The van der Waals surface area contributed by atoms with Crippen LogP contribution in [0, 0.1) is 18.7 Å². The second kappa shape index (κ2) is 5.27. The Morgan fingerprint density at radius 1 is 1.39 bits per heavy atom. The smallest absolute Gasteiger partial charge is 0.125 e. The van der Waals surface area contributed by atoms with Gasteiger partial charge >= 0.3 is 0 Å². The molecule has 0 radical (unpaired) electrons. The van der Waals surface area contributed by atoms with Crippen LogP contribution in [0.4, 0.5) is 10.1 Å². The second-order valence-corrected chi connectivity index (χ2v) is 5.70. The van der Waals surface area contributed by atoms with E-state index < -0.39 is 0 Å². The van der Waals surface area contributed by atoms with Gasteiger partial charge in [0, 0.05) is 30.9 Å². The van der Waals surface area contributed by atoms with Crippen molar-refractivity contribution in [1.82, 2.24) is 5.32 Å². The van der Waals surface area contributed by atoms with E-state index in [9.17, 15) is 4.39 Å². The molecule has 2 atom stereocenters. The van der Waals surface area contributed by atoms with E-state index in [1.807, 2.05) is 6.07 Å². The van der Waals surface area contributed by atoms with Crippen molar-refractivity contribution in [3.63, 3.8) is 0 Å². The summed E-state index contributed by atoms with van der Waals surface area (Å²) >= 11 is 0. The zero-order valence-electron chi connectivity index (χ0n) is 11.7. The molecule has 1 aliphatic rings. The summed E-state index contributed by atoms with van der Waals surface area (Å²) in [6, 6.07) is 5.95. The lowest BCUT2D eigenvalue weighted by atomic mass is 9.97. The highest BCUT2D eigenvalue weighted by Crippen LogP contribution is 2.27. The van der Waals surface area contributed by atoms with E-state index >= 15 is 0 Å². The van der Waals surface area contributed by atoms with Gasteiger partial charge in [-0.15, -0.1) is 0 Å². The van der Waals surface area contributed by atoms with Gasteiger partial charge in [-0.05, 0) is 37.5 Å². The largest absolute Gasteiger partial charge is 0.365 e. The van der Waals surface area contributed by atoms with Gasteiger partial charge in [0.25, 0.3) is 0 Å². The van der Waals surface area contributed by atoms with Gasteiger partial charge in [-0.1, -0.05) is 19.9 Å². The quantitative estimate of drug-likeness (QED) is 0.868. The number of aryl methyl sites for hydroxylation is 1. The van der Waals surface area contributed by atoms with E-state index in [2.05, 4.69) is 37.9 Å². The summed E-state index contributed by atoms with van der Waals surface area (Å²) in [6.45, 7) is 10.6. The number of rotatable bonds is 2. The van der Waals surface area contributed by atoms with Gasteiger partial charge in [0.05, 0.1) is 0 Å². The fourth-order valence-electron chi connectivity index (χ4n) is 2.69. The molecule has 2 nitrogen and oxygen atoms in total. The van der Waals surface area contributed by atoms with E-state index in [1.54, 1.807) is 6.07 Å². The number of hydrogen-bond donors (Lipinski definition) is 1. The summed E-state index contributed by atoms with van der Waals surface area (Å²) in [6.07, 6.45) is 0. The summed E-state index contributed by atoms with van der Waals surface area (Å²) < 4.78 is 13.5. The van der Waals surface area contributed by atoms with E-state index in [0.717, 1.165) is 24.3 Å². The minimum atomic E-state index is -0.149. The third kappa shape index (κ3) is 2.66. The van der Waals surface area contributed by atoms with Crippen LogP contribution in [-0.2, 0) is 0 Å². The molecule has 0 aromatic heterocycles. The summed E-state index contributed by atoms with van der Waals surface area (Å²) in [5.41, 5.74) is 2.19. The zero-order chi connectivity index (χ0) is 13.3. The Morgan fingerprint density at radius 3 is 2.78 bits per heavy atom. The number of hydrogen-bond acceptors (Lipinski definition) is 2. The minimum Gasteiger partial charge on any atom is -0.365 e. The van der Waals surface area contributed by atoms with E-state index in [4.69, 9.17) is 0 Å². The Morgan fingerprint density at radius 2 is 2.11 bits per heavy atom. The van der Waals surface area contributed by atoms with E-state index in [0.29, 0.717) is 18.0 Å². The van der Waals surface area contributed by atoms with Crippen LogP contribution < -0.4 is 10.2 Å². The lowest BCUT2D eigenvalue weighted by Crippen LogP contribution is -2.57. The second-order valence-electron chi connectivity index (χ2n) is 5.70. The monoisotopic (exact) mass is 250 g/mol. The maximum absolute atomic E-state index is 13.5. The SMILES string of the molecule is Cc1ccc(F)cc1N1CC(C)NCC1C(C)C. The molecule has 1 fully saturated rings. The number of piperazine rings is 1. The molecule has 18 heavy (non-hydrogen) atoms. The van der Waals surface area contributed by atoms with Crippen LogP contribution in [0.5, 0.6) is 0 Å². The number of nitrogens with one attached hydrogen (secondary N) is 1. The number of benzene rings is 1. The van der Waals surface area contributed by atoms with Crippen molar-refractivity contribution in [1.29, 1.82) is 0 Å². The lowest BCUT2D eigenvalue weighted by Gasteiger charge is -2.43. The van der Waals surface area contributed by atoms with Crippen LogP contribution >= 0.6 is 0 Å². The Balaban J connectivity index is 2.34. The molecular formula is C15H23FN2. The van der Waals surface area contributed by atoms with Crippen LogP contribution in [0.3, 0.4) is 0 Å². The molecule has 0 saturated carbocycles. The molecule has 0 bridgehead atoms. The van der Waals surface area contributed by atoms with Crippen molar-refractivity contribution < 1.29 is 4.39 Å². The first-order valence-electron chi connectivity index (χ1n) is 6.75. The van der Waals surface area contributed by atoms with Crippen LogP contribution in [0.1, 0.15) is 26.3 Å². The van der Waals surface area contributed by atoms with Crippen molar-refractivity contribution in [2.45, 2.75) is 39.8 Å². The molecule has 1 aromatic carbocycles. The maximum atomic E-state index is 13.5. The van der Waals surface area contributed by atoms with E-state index in [-0.39, 0.29) is 5.82 Å². The molecule has 2 rings (SSSR count). The lowest BCUT2D eigenvalue weighted by molar-refractivity contribution is 0.348. The van der Waals surface area contributed by atoms with Crippen molar-refractivity contribution in [3.8, 4) is 0 Å². The average Bonchev–Trinajstić information content (AvgIpc) is 2.31. The fraction of sp³-hybridized carbons (Fsp3) is 0.600. The Bertz CT molecular complexity index is 417. The number of halogens is 1. The molecule has 0 amide bonds. The van der Waals surface area contributed by atoms with Gasteiger partial charge in [-0.2, -0.15) is 0 Å². The first kappa shape index (κ1) is 13.3. The molecule has 0 spiro atoms. The molecule has 2 unspecified atom stereocenters. The minimum absolute atomic E-state index is 0.149. The predicted molar refractivity (Wildman–Crippen MR) is 74.6 cm³/mol. The molecular weight excluding hydrogens is 227 g/mol. The van der Waals surface area contributed by atoms with Gasteiger partial charge in [-0.3, -0.25) is 0 Å². The van der Waals surface area contributed by atoms with E-state index in [1.165, 1.54) is 6.07 Å². The Hall–Kier alpha value is -1.09. The Labute approximate surface area is 109 Å². The molecule has 3 heteroatoms. The predicted octanol–water partition coefficient (Wildman–Crippen LogP) is 2.96. The van der Waals surface area contributed by atoms with Crippen LogP contribution in [0.2, 0.25) is 0 Å². The summed E-state index contributed by atoms with van der Waals surface area (Å²) in [5, 5.41) is 3.51. The number of nitrogens with zero attached hydrogens (tertiary/aromatic N) is 1. The molecule has 100 valence electrons. The zero-order valence-corrected chi connectivity index (χ0v) is 11.7. The van der Waals surface area contributed by atoms with Crippen LogP contribution in [0.25, 0.3) is 0 Å². The van der Waals surface area contributed by atoms with Gasteiger partial charge in [0.15, 0.2) is 0 Å². The highest BCUT2D eigenvalue weighted by atomic mass is 19.1. The molecule has 1 aromatic rings. The summed E-state index contributed by atoms with van der Waals surface area (Å²) in [5.74, 6) is 0.400. The normalized spacial score (nSPS) is 24.7. The molecule has 0 aliphatic carbocycles. The first-order chi connectivity index (χ1) is 8.49. The van der Waals surface area contributed by atoms with Crippen molar-refractivity contribution >= 4 is 5.69 Å². The third-order valence-corrected chi connectivity index (χ3v) is 3.80. The van der Waals surface area contributed by atoms with Crippen molar-refractivity contribution in [3.05, 3.63) is 29.6 Å². The number of anilines is 1. The Kier molecular flexibility index (Phi) is 3.91. The van der Waals surface area contributed by atoms with Crippen molar-refractivity contribution in [2.24, 2.45) is 5.92 Å². The molecule has 1 heterocycles. The molecule has 1 N–H and O–H groups in total. The van der Waals surface area contributed by atoms with Crippen LogP contribution in [0.15, 0.2) is 18.2 Å². The van der Waals surface area contributed by atoms with Gasteiger partial charge in [0.2, 0.25) is 0 Å². The average molecular weight is 250 g/mol. The first-order valence-corrected chi connectivity index (χ1v) is 6.75. The highest BCUT2D eigenvalue weighted by molar-refractivity contribution is 5.55. The van der Waals surface area contributed by atoms with Gasteiger partial charge in [-0.25, -0.2) is 4.39 Å². The standard InChI is InChI=1S/C15H23FN2/c1-10(2)15-8-17-12(4)9-18(15)14-7-13(16)6-5-11(14)3/h5-7,10,12,15,17H,8-9H2,1-4H3. The molecule has 1 aliphatic heterocycles. The van der Waals surface area contributed by atoms with Crippen molar-refractivity contribution in [2.75, 3.05) is 18.0 Å². The van der Waals surface area contributed by atoms with Gasteiger partial charge in [0.1, 0.15) is 5.82 Å².